The van der Waals surface area contributed by atoms with E-state index in [0.717, 1.165) is 29.6 Å². The molecule has 1 rings (SSSR count). The summed E-state index contributed by atoms with van der Waals surface area (Å²) in [6.45, 7) is 3.36. The molecule has 1 aromatic carbocycles. The van der Waals surface area contributed by atoms with Crippen LogP contribution in [-0.4, -0.2) is 58.8 Å². The van der Waals surface area contributed by atoms with Gasteiger partial charge in [0.2, 0.25) is 0 Å². The zero-order valence-electron chi connectivity index (χ0n) is 14.2. The summed E-state index contributed by atoms with van der Waals surface area (Å²) in [5.74, 6) is 1.54. The minimum absolute atomic E-state index is 0. The first kappa shape index (κ1) is 23.4. The van der Waals surface area contributed by atoms with Crippen molar-refractivity contribution in [3.63, 3.8) is 0 Å². The van der Waals surface area contributed by atoms with Crippen molar-refractivity contribution >= 4 is 41.7 Å². The summed E-state index contributed by atoms with van der Waals surface area (Å²) in [6.07, 6.45) is 0.993. The van der Waals surface area contributed by atoms with Crippen molar-refractivity contribution in [1.29, 1.82) is 0 Å². The van der Waals surface area contributed by atoms with Gasteiger partial charge >= 0.3 is 0 Å². The van der Waals surface area contributed by atoms with Gasteiger partial charge in [0.25, 0.3) is 0 Å². The van der Waals surface area contributed by atoms with Crippen molar-refractivity contribution in [3.8, 4) is 0 Å². The molecule has 0 aliphatic carbocycles. The van der Waals surface area contributed by atoms with E-state index >= 15 is 0 Å². The minimum Gasteiger partial charge on any atom is -0.382 e. The number of hydrogen-bond acceptors (Lipinski definition) is 4. The Labute approximate surface area is 165 Å². The molecule has 0 fully saturated rings. The molecule has 24 heavy (non-hydrogen) atoms. The number of hydrogen-bond donors (Lipinski definition) is 2. The maximum Gasteiger partial charge on any atom is 0.191 e. The number of rotatable bonds is 11. The standard InChI is InChI=1S/C16H26FN3O2S.HI/c1-18-16(20-9-10-22-12-11-21-2)19-8-3-13-23-15-6-4-14(17)5-7-15;/h4-7H,3,8-13H2,1-2H3,(H2,18,19,20);1H. The molecule has 0 aromatic heterocycles. The fraction of sp³-hybridized carbons (Fsp3) is 0.562. The van der Waals surface area contributed by atoms with Crippen LogP contribution in [0.1, 0.15) is 6.42 Å². The predicted octanol–water partition coefficient (Wildman–Crippen LogP) is 2.75. The van der Waals surface area contributed by atoms with Crippen molar-refractivity contribution in [1.82, 2.24) is 10.6 Å². The van der Waals surface area contributed by atoms with Crippen LogP contribution in [0.4, 0.5) is 4.39 Å². The van der Waals surface area contributed by atoms with E-state index in [0.29, 0.717) is 26.4 Å². The number of nitrogens with zero attached hydrogens (tertiary/aromatic N) is 1. The fourth-order valence-corrected chi connectivity index (χ4v) is 2.56. The largest absolute Gasteiger partial charge is 0.382 e. The molecule has 0 amide bonds. The van der Waals surface area contributed by atoms with Gasteiger partial charge in [0.15, 0.2) is 5.96 Å². The van der Waals surface area contributed by atoms with Gasteiger partial charge in [0.1, 0.15) is 5.82 Å². The second-order valence-electron chi connectivity index (χ2n) is 4.69. The maximum atomic E-state index is 12.8. The van der Waals surface area contributed by atoms with Gasteiger partial charge in [-0.25, -0.2) is 4.39 Å². The maximum absolute atomic E-state index is 12.8. The molecule has 0 spiro atoms. The third-order valence-electron chi connectivity index (χ3n) is 2.89. The number of nitrogens with one attached hydrogen (secondary N) is 2. The lowest BCUT2D eigenvalue weighted by atomic mass is 10.4. The van der Waals surface area contributed by atoms with Gasteiger partial charge in [0, 0.05) is 32.1 Å². The first-order valence-electron chi connectivity index (χ1n) is 7.66. The molecule has 0 heterocycles. The van der Waals surface area contributed by atoms with Crippen LogP contribution in [0.15, 0.2) is 34.2 Å². The Morgan fingerprint density at radius 1 is 1.12 bits per heavy atom. The molecule has 0 atom stereocenters. The first-order chi connectivity index (χ1) is 11.3. The molecule has 0 saturated heterocycles. The molecule has 0 bridgehead atoms. The first-order valence-corrected chi connectivity index (χ1v) is 8.64. The third-order valence-corrected chi connectivity index (χ3v) is 3.99. The van der Waals surface area contributed by atoms with Crippen LogP contribution >= 0.6 is 35.7 Å². The highest BCUT2D eigenvalue weighted by Gasteiger charge is 1.98. The summed E-state index contributed by atoms with van der Waals surface area (Å²) < 4.78 is 23.1. The van der Waals surface area contributed by atoms with E-state index in [4.69, 9.17) is 9.47 Å². The third kappa shape index (κ3) is 11.9. The fourth-order valence-electron chi connectivity index (χ4n) is 1.71. The summed E-state index contributed by atoms with van der Waals surface area (Å²) in [5, 5.41) is 6.44. The molecule has 0 saturated carbocycles. The summed E-state index contributed by atoms with van der Waals surface area (Å²) in [4.78, 5) is 5.24. The van der Waals surface area contributed by atoms with Gasteiger partial charge < -0.3 is 20.1 Å². The van der Waals surface area contributed by atoms with Crippen LogP contribution in [0.2, 0.25) is 0 Å². The van der Waals surface area contributed by atoms with Gasteiger partial charge in [-0.05, 0) is 36.4 Å². The van der Waals surface area contributed by atoms with Crippen molar-refractivity contribution in [3.05, 3.63) is 30.1 Å². The predicted molar refractivity (Wildman–Crippen MR) is 109 cm³/mol. The Balaban J connectivity index is 0.00000529. The molecule has 0 unspecified atom stereocenters. The summed E-state index contributed by atoms with van der Waals surface area (Å²) in [7, 11) is 3.40. The van der Waals surface area contributed by atoms with Crippen molar-refractivity contribution in [2.75, 3.05) is 52.8 Å². The van der Waals surface area contributed by atoms with Crippen molar-refractivity contribution < 1.29 is 13.9 Å². The van der Waals surface area contributed by atoms with E-state index in [-0.39, 0.29) is 29.8 Å². The van der Waals surface area contributed by atoms with E-state index < -0.39 is 0 Å². The van der Waals surface area contributed by atoms with Gasteiger partial charge in [-0.1, -0.05) is 0 Å². The number of aliphatic imine (C=N–C) groups is 1. The van der Waals surface area contributed by atoms with Crippen LogP contribution in [0.5, 0.6) is 0 Å². The van der Waals surface area contributed by atoms with Gasteiger partial charge in [-0.15, -0.1) is 35.7 Å². The number of guanidine groups is 1. The molecule has 8 heteroatoms. The lowest BCUT2D eigenvalue weighted by Crippen LogP contribution is -2.39. The zero-order chi connectivity index (χ0) is 16.8. The number of halogens is 2. The number of thioether (sulfide) groups is 1. The monoisotopic (exact) mass is 471 g/mol. The van der Waals surface area contributed by atoms with Crippen LogP contribution in [0.3, 0.4) is 0 Å². The van der Waals surface area contributed by atoms with Crippen LogP contribution < -0.4 is 10.6 Å². The van der Waals surface area contributed by atoms with E-state index in [1.807, 2.05) is 0 Å². The Morgan fingerprint density at radius 3 is 2.50 bits per heavy atom. The number of benzene rings is 1. The van der Waals surface area contributed by atoms with E-state index in [1.165, 1.54) is 12.1 Å². The lowest BCUT2D eigenvalue weighted by Gasteiger charge is -2.12. The van der Waals surface area contributed by atoms with Crippen LogP contribution in [0.25, 0.3) is 0 Å². The van der Waals surface area contributed by atoms with Gasteiger partial charge in [-0.3, -0.25) is 4.99 Å². The van der Waals surface area contributed by atoms with Crippen molar-refractivity contribution in [2.24, 2.45) is 4.99 Å². The highest BCUT2D eigenvalue weighted by molar-refractivity contribution is 14.0. The second kappa shape index (κ2) is 15.9. The Kier molecular flexibility index (Phi) is 15.5. The minimum atomic E-state index is -0.197. The normalized spacial score (nSPS) is 11.0. The highest BCUT2D eigenvalue weighted by Crippen LogP contribution is 2.18. The Bertz CT molecular complexity index is 449. The van der Waals surface area contributed by atoms with Gasteiger partial charge in [0.05, 0.1) is 19.8 Å². The molecule has 0 aliphatic rings. The Hall–Kier alpha value is -0.580. The topological polar surface area (TPSA) is 54.9 Å². The van der Waals surface area contributed by atoms with E-state index in [1.54, 1.807) is 38.1 Å². The van der Waals surface area contributed by atoms with Gasteiger partial charge in [-0.2, -0.15) is 0 Å². The molecular formula is C16H27FIN3O2S. The molecule has 2 N–H and O–H groups in total. The molecule has 0 radical (unpaired) electrons. The van der Waals surface area contributed by atoms with Crippen molar-refractivity contribution in [2.45, 2.75) is 11.3 Å². The van der Waals surface area contributed by atoms with E-state index in [9.17, 15) is 4.39 Å². The average Bonchev–Trinajstić information content (AvgIpc) is 2.57. The Morgan fingerprint density at radius 2 is 1.83 bits per heavy atom. The lowest BCUT2D eigenvalue weighted by molar-refractivity contribution is 0.0733. The molecule has 5 nitrogen and oxygen atoms in total. The smallest absolute Gasteiger partial charge is 0.191 e. The number of methoxy groups -OCH3 is 1. The zero-order valence-corrected chi connectivity index (χ0v) is 17.4. The molecule has 1 aromatic rings. The quantitative estimate of drug-likeness (QED) is 0.171. The van der Waals surface area contributed by atoms with Crippen LogP contribution in [-0.2, 0) is 9.47 Å². The SMILES string of the molecule is CN=C(NCCCSc1ccc(F)cc1)NCCOCCOC.I. The summed E-state index contributed by atoms with van der Waals surface area (Å²) >= 11 is 1.72. The average molecular weight is 471 g/mol. The summed E-state index contributed by atoms with van der Waals surface area (Å²) in [5.41, 5.74) is 0. The van der Waals surface area contributed by atoms with Crippen LogP contribution in [0, 0.1) is 5.82 Å². The molecular weight excluding hydrogens is 444 g/mol. The molecule has 0 aliphatic heterocycles. The number of ether oxygens (including phenoxy) is 2. The summed E-state index contributed by atoms with van der Waals surface area (Å²) in [6, 6.07) is 6.58. The highest BCUT2D eigenvalue weighted by atomic mass is 127. The second-order valence-corrected chi connectivity index (χ2v) is 5.86. The molecule has 138 valence electrons. The van der Waals surface area contributed by atoms with E-state index in [2.05, 4.69) is 15.6 Å².